The van der Waals surface area contributed by atoms with Crippen molar-refractivity contribution in [1.82, 2.24) is 4.98 Å². The molecule has 0 bridgehead atoms. The topological polar surface area (TPSA) is 56.9 Å². The van der Waals surface area contributed by atoms with Gasteiger partial charge in [0, 0.05) is 24.5 Å². The predicted molar refractivity (Wildman–Crippen MR) is 102 cm³/mol. The normalized spacial score (nSPS) is 12.9. The third-order valence-electron chi connectivity index (χ3n) is 4.87. The second-order valence-corrected chi connectivity index (χ2v) is 6.95. The zero-order valence-electron chi connectivity index (χ0n) is 18.1. The van der Waals surface area contributed by atoms with Gasteiger partial charge in [-0.05, 0) is 47.9 Å². The Morgan fingerprint density at radius 3 is 1.79 bits per heavy atom. The first-order valence-electron chi connectivity index (χ1n) is 9.48. The minimum Gasteiger partial charge on any atom is -1.00 e. The summed E-state index contributed by atoms with van der Waals surface area (Å²) in [4.78, 5) is 14.6. The van der Waals surface area contributed by atoms with Crippen LogP contribution >= 0.6 is 0 Å². The Bertz CT molecular complexity index is 653. The van der Waals surface area contributed by atoms with Crippen LogP contribution in [-0.4, -0.2) is 11.0 Å². The molecule has 0 aliphatic carbocycles. The number of carboxylic acids is 1. The summed E-state index contributed by atoms with van der Waals surface area (Å²) in [5.74, 6) is -0.242. The summed E-state index contributed by atoms with van der Waals surface area (Å²) in [7, 11) is 0. The average molecular weight is 415 g/mol. The van der Waals surface area contributed by atoms with E-state index < -0.39 is 11.9 Å². The molecule has 0 fully saturated rings. The van der Waals surface area contributed by atoms with Gasteiger partial charge in [-0.15, -0.1) is 0 Å². The molecule has 6 heteroatoms. The van der Waals surface area contributed by atoms with Crippen molar-refractivity contribution in [3.63, 3.8) is 0 Å². The van der Waals surface area contributed by atoms with E-state index in [0.717, 1.165) is 6.42 Å². The maximum absolute atomic E-state index is 10.6. The van der Waals surface area contributed by atoms with Gasteiger partial charge >= 0.3 is 29.6 Å². The molecule has 2 aromatic heterocycles. The molecule has 0 aliphatic heterocycles. The summed E-state index contributed by atoms with van der Waals surface area (Å²) in [6, 6.07) is 8.26. The van der Waals surface area contributed by atoms with Gasteiger partial charge in [-0.1, -0.05) is 34.6 Å². The van der Waals surface area contributed by atoms with E-state index in [4.69, 9.17) is 0 Å². The molecular formula is C22H32ClN2NaO2. The van der Waals surface area contributed by atoms with Crippen molar-refractivity contribution in [2.24, 2.45) is 5.92 Å². The van der Waals surface area contributed by atoms with E-state index in [2.05, 4.69) is 56.9 Å². The number of hydrogen-bond acceptors (Lipinski definition) is 3. The number of aromatic nitrogens is 2. The van der Waals surface area contributed by atoms with Crippen molar-refractivity contribution < 1.29 is 56.4 Å². The Morgan fingerprint density at radius 1 is 0.964 bits per heavy atom. The van der Waals surface area contributed by atoms with Crippen LogP contribution in [0, 0.1) is 5.92 Å². The van der Waals surface area contributed by atoms with Gasteiger partial charge in [0.1, 0.15) is 0 Å². The van der Waals surface area contributed by atoms with Crippen LogP contribution in [0.25, 0.3) is 0 Å². The molecule has 150 valence electrons. The van der Waals surface area contributed by atoms with E-state index in [-0.39, 0.29) is 42.0 Å². The molecule has 3 atom stereocenters. The van der Waals surface area contributed by atoms with Crippen LogP contribution < -0.4 is 51.6 Å². The van der Waals surface area contributed by atoms with Crippen LogP contribution in [0.2, 0.25) is 0 Å². The monoisotopic (exact) mass is 414 g/mol. The Morgan fingerprint density at radius 2 is 1.39 bits per heavy atom. The molecule has 0 saturated carbocycles. The Balaban J connectivity index is 0. The summed E-state index contributed by atoms with van der Waals surface area (Å²) < 4.78 is 1.88. The second-order valence-electron chi connectivity index (χ2n) is 6.95. The van der Waals surface area contributed by atoms with Crippen molar-refractivity contribution in [3.05, 3.63) is 60.2 Å². The van der Waals surface area contributed by atoms with E-state index in [9.17, 15) is 9.90 Å². The smallest absolute Gasteiger partial charge is 1.00 e. The van der Waals surface area contributed by atoms with Crippen LogP contribution in [-0.2, 0) is 11.3 Å². The third-order valence-corrected chi connectivity index (χ3v) is 4.87. The van der Waals surface area contributed by atoms with Crippen molar-refractivity contribution >= 4 is 5.97 Å². The van der Waals surface area contributed by atoms with Gasteiger partial charge < -0.3 is 22.3 Å². The van der Waals surface area contributed by atoms with Crippen LogP contribution in [0.3, 0.4) is 0 Å². The molecule has 0 aliphatic rings. The Hall–Kier alpha value is -0.940. The molecule has 2 rings (SSSR count). The minimum atomic E-state index is -1.00. The van der Waals surface area contributed by atoms with E-state index in [1.165, 1.54) is 17.5 Å². The SMILES string of the molecule is CCC(C)c1cc[n+](CC(C)C(=O)[O-])cc1.CCC(C)c1ccncc1.[Cl-].[Na+]. The summed E-state index contributed by atoms with van der Waals surface area (Å²) >= 11 is 0. The van der Waals surface area contributed by atoms with Gasteiger partial charge in [-0.2, -0.15) is 0 Å². The van der Waals surface area contributed by atoms with Gasteiger partial charge in [0.2, 0.25) is 0 Å². The zero-order chi connectivity index (χ0) is 19.5. The van der Waals surface area contributed by atoms with E-state index in [1.807, 2.05) is 29.4 Å². The fourth-order valence-corrected chi connectivity index (χ4v) is 2.47. The molecule has 0 radical (unpaired) electrons. The van der Waals surface area contributed by atoms with Gasteiger partial charge in [0.15, 0.2) is 18.9 Å². The maximum atomic E-state index is 10.6. The second kappa shape index (κ2) is 15.9. The molecule has 0 N–H and O–H groups in total. The number of halogens is 1. The van der Waals surface area contributed by atoms with Gasteiger partial charge in [0.05, 0.1) is 11.9 Å². The van der Waals surface area contributed by atoms with E-state index in [1.54, 1.807) is 6.92 Å². The predicted octanol–water partition coefficient (Wildman–Crippen LogP) is -2.52. The summed E-state index contributed by atoms with van der Waals surface area (Å²) in [6.45, 7) is 10.9. The first-order valence-corrected chi connectivity index (χ1v) is 9.48. The number of nitrogens with zero attached hydrogens (tertiary/aromatic N) is 2. The molecule has 2 aromatic rings. The van der Waals surface area contributed by atoms with E-state index >= 15 is 0 Å². The van der Waals surface area contributed by atoms with Crippen LogP contribution in [0.4, 0.5) is 0 Å². The molecule has 0 spiro atoms. The molecular weight excluding hydrogens is 383 g/mol. The molecule has 0 amide bonds. The summed E-state index contributed by atoms with van der Waals surface area (Å²) in [5, 5.41) is 10.6. The molecule has 28 heavy (non-hydrogen) atoms. The number of carboxylic acid groups (broad SMARTS) is 1. The first-order chi connectivity index (χ1) is 12.4. The number of carbonyl (C=O) groups is 1. The maximum Gasteiger partial charge on any atom is 1.00 e. The largest absolute Gasteiger partial charge is 1.00 e. The Kier molecular flexibility index (Phi) is 16.6. The van der Waals surface area contributed by atoms with Gasteiger partial charge in [0.25, 0.3) is 0 Å². The van der Waals surface area contributed by atoms with Crippen LogP contribution in [0.5, 0.6) is 0 Å². The van der Waals surface area contributed by atoms with Crippen molar-refractivity contribution in [3.8, 4) is 0 Å². The van der Waals surface area contributed by atoms with Gasteiger partial charge in [-0.25, -0.2) is 4.57 Å². The zero-order valence-corrected chi connectivity index (χ0v) is 20.8. The molecule has 2 heterocycles. The number of carbonyl (C=O) groups excluding carboxylic acids is 1. The summed E-state index contributed by atoms with van der Waals surface area (Å²) in [6.07, 6.45) is 9.87. The fraction of sp³-hybridized carbons (Fsp3) is 0.500. The van der Waals surface area contributed by atoms with Crippen molar-refractivity contribution in [2.75, 3.05) is 0 Å². The number of rotatable bonds is 7. The average Bonchev–Trinajstić information content (AvgIpc) is 2.68. The standard InChI is InChI=1S/C13H19NO2.C9H13N.ClH.Na/c1-4-10(2)12-5-7-14(8-6-12)9-11(3)13(15)16;1-3-8(2)9-4-6-10-7-5-9;;/h5-8,10-11H,4,9H2,1-3H3;4-8H,3H2,1-2H3;1H;/q;;;+1/p-1. The number of aliphatic carboxylic acids is 1. The number of pyridine rings is 2. The van der Waals surface area contributed by atoms with E-state index in [0.29, 0.717) is 18.4 Å². The number of hydrogen-bond donors (Lipinski definition) is 0. The summed E-state index contributed by atoms with van der Waals surface area (Å²) in [5.41, 5.74) is 2.68. The third kappa shape index (κ3) is 10.6. The Labute approximate surface area is 198 Å². The van der Waals surface area contributed by atoms with Crippen molar-refractivity contribution in [2.45, 2.75) is 65.8 Å². The fourth-order valence-electron chi connectivity index (χ4n) is 2.47. The van der Waals surface area contributed by atoms with Crippen LogP contribution in [0.1, 0.15) is 70.4 Å². The van der Waals surface area contributed by atoms with Crippen LogP contribution in [0.15, 0.2) is 49.1 Å². The first kappa shape index (κ1) is 29.3. The molecule has 0 saturated heterocycles. The molecule has 4 nitrogen and oxygen atoms in total. The van der Waals surface area contributed by atoms with Crippen molar-refractivity contribution in [1.29, 1.82) is 0 Å². The van der Waals surface area contributed by atoms with Gasteiger partial charge in [-0.3, -0.25) is 4.98 Å². The quantitative estimate of drug-likeness (QED) is 0.371. The minimum absolute atomic E-state index is 0. The molecule has 0 aromatic carbocycles. The molecule has 3 unspecified atom stereocenters.